The Morgan fingerprint density at radius 3 is 2.94 bits per heavy atom. The van der Waals surface area contributed by atoms with E-state index >= 15 is 0 Å². The molecule has 0 bridgehead atoms. The largest absolute Gasteiger partial charge is 0.488 e. The SMILES string of the molecule is Clc1cccc(OC2CCOC2)c1CNC1CC1. The molecule has 2 aliphatic rings. The van der Waals surface area contributed by atoms with E-state index in [-0.39, 0.29) is 6.10 Å². The van der Waals surface area contributed by atoms with Crippen LogP contribution in [-0.2, 0) is 11.3 Å². The van der Waals surface area contributed by atoms with Gasteiger partial charge in [0.1, 0.15) is 11.9 Å². The minimum Gasteiger partial charge on any atom is -0.488 e. The van der Waals surface area contributed by atoms with E-state index in [2.05, 4.69) is 5.32 Å². The lowest BCUT2D eigenvalue weighted by Crippen LogP contribution is -2.20. The van der Waals surface area contributed by atoms with Crippen LogP contribution in [0.3, 0.4) is 0 Å². The molecule has 1 saturated carbocycles. The Morgan fingerprint density at radius 2 is 2.22 bits per heavy atom. The Morgan fingerprint density at radius 1 is 1.33 bits per heavy atom. The molecule has 1 aliphatic heterocycles. The van der Waals surface area contributed by atoms with Crippen LogP contribution in [0.2, 0.25) is 5.02 Å². The van der Waals surface area contributed by atoms with Gasteiger partial charge < -0.3 is 14.8 Å². The standard InChI is InChI=1S/C14H18ClNO2/c15-13-2-1-3-14(18-11-6-7-17-9-11)12(13)8-16-10-4-5-10/h1-3,10-11,16H,4-9H2. The van der Waals surface area contributed by atoms with Crippen molar-refractivity contribution in [1.82, 2.24) is 5.32 Å². The highest BCUT2D eigenvalue weighted by atomic mass is 35.5. The number of rotatable bonds is 5. The van der Waals surface area contributed by atoms with E-state index in [1.807, 2.05) is 18.2 Å². The second-order valence-electron chi connectivity index (χ2n) is 4.98. The van der Waals surface area contributed by atoms with Gasteiger partial charge in [0, 0.05) is 29.6 Å². The van der Waals surface area contributed by atoms with Crippen LogP contribution in [0.5, 0.6) is 5.75 Å². The van der Waals surface area contributed by atoms with Crippen LogP contribution in [0.15, 0.2) is 18.2 Å². The molecule has 0 radical (unpaired) electrons. The lowest BCUT2D eigenvalue weighted by molar-refractivity contribution is 0.140. The second-order valence-corrected chi connectivity index (χ2v) is 5.38. The highest BCUT2D eigenvalue weighted by Crippen LogP contribution is 2.29. The van der Waals surface area contributed by atoms with E-state index < -0.39 is 0 Å². The van der Waals surface area contributed by atoms with Gasteiger partial charge in [0.05, 0.1) is 13.2 Å². The minimum absolute atomic E-state index is 0.170. The topological polar surface area (TPSA) is 30.5 Å². The minimum atomic E-state index is 0.170. The number of benzene rings is 1. The molecule has 0 amide bonds. The maximum atomic E-state index is 6.27. The van der Waals surface area contributed by atoms with Gasteiger partial charge in [-0.15, -0.1) is 0 Å². The molecule has 0 spiro atoms. The summed E-state index contributed by atoms with van der Waals surface area (Å²) in [7, 11) is 0. The summed E-state index contributed by atoms with van der Waals surface area (Å²) >= 11 is 6.27. The first kappa shape index (κ1) is 12.3. The summed E-state index contributed by atoms with van der Waals surface area (Å²) in [4.78, 5) is 0. The number of hydrogen-bond donors (Lipinski definition) is 1. The molecule has 1 N–H and O–H groups in total. The first-order valence-electron chi connectivity index (χ1n) is 6.58. The average molecular weight is 268 g/mol. The van der Waals surface area contributed by atoms with Crippen molar-refractivity contribution in [1.29, 1.82) is 0 Å². The van der Waals surface area contributed by atoms with Crippen LogP contribution in [-0.4, -0.2) is 25.4 Å². The van der Waals surface area contributed by atoms with Crippen molar-refractivity contribution in [2.75, 3.05) is 13.2 Å². The van der Waals surface area contributed by atoms with Gasteiger partial charge in [-0.05, 0) is 25.0 Å². The summed E-state index contributed by atoms with van der Waals surface area (Å²) < 4.78 is 11.3. The van der Waals surface area contributed by atoms with Crippen LogP contribution in [0.4, 0.5) is 0 Å². The zero-order chi connectivity index (χ0) is 12.4. The van der Waals surface area contributed by atoms with E-state index in [0.717, 1.165) is 35.9 Å². The summed E-state index contributed by atoms with van der Waals surface area (Å²) in [6.07, 6.45) is 3.68. The second kappa shape index (κ2) is 5.47. The van der Waals surface area contributed by atoms with Crippen LogP contribution in [0.25, 0.3) is 0 Å². The third-order valence-electron chi connectivity index (χ3n) is 3.40. The third kappa shape index (κ3) is 2.97. The van der Waals surface area contributed by atoms with Gasteiger partial charge in [-0.3, -0.25) is 0 Å². The molecular weight excluding hydrogens is 250 g/mol. The summed E-state index contributed by atoms with van der Waals surface area (Å²) in [5.74, 6) is 0.895. The Labute approximate surface area is 112 Å². The smallest absolute Gasteiger partial charge is 0.125 e. The molecule has 3 rings (SSSR count). The average Bonchev–Trinajstić information content (AvgIpc) is 3.05. The zero-order valence-electron chi connectivity index (χ0n) is 10.3. The van der Waals surface area contributed by atoms with Crippen molar-refractivity contribution in [2.24, 2.45) is 0 Å². The summed E-state index contributed by atoms with van der Waals surface area (Å²) in [5, 5.41) is 4.26. The molecule has 2 fully saturated rings. The highest BCUT2D eigenvalue weighted by Gasteiger charge is 2.23. The van der Waals surface area contributed by atoms with Crippen LogP contribution in [0.1, 0.15) is 24.8 Å². The Balaban J connectivity index is 1.71. The van der Waals surface area contributed by atoms with Gasteiger partial charge in [-0.2, -0.15) is 0 Å². The van der Waals surface area contributed by atoms with E-state index in [0.29, 0.717) is 12.6 Å². The quantitative estimate of drug-likeness (QED) is 0.890. The fourth-order valence-corrected chi connectivity index (χ4v) is 2.37. The maximum Gasteiger partial charge on any atom is 0.125 e. The first-order valence-corrected chi connectivity index (χ1v) is 6.96. The Bertz CT molecular complexity index is 414. The molecule has 1 aliphatic carbocycles. The maximum absolute atomic E-state index is 6.27. The third-order valence-corrected chi connectivity index (χ3v) is 3.76. The molecule has 18 heavy (non-hydrogen) atoms. The summed E-state index contributed by atoms with van der Waals surface area (Å²) in [6.45, 7) is 2.26. The van der Waals surface area contributed by atoms with Crippen molar-refractivity contribution >= 4 is 11.6 Å². The van der Waals surface area contributed by atoms with Gasteiger partial charge in [0.15, 0.2) is 0 Å². The lowest BCUT2D eigenvalue weighted by atomic mass is 10.2. The van der Waals surface area contributed by atoms with Crippen molar-refractivity contribution in [2.45, 2.75) is 38.0 Å². The first-order chi connectivity index (χ1) is 8.83. The normalized spacial score (nSPS) is 23.3. The Kier molecular flexibility index (Phi) is 3.73. The monoisotopic (exact) mass is 267 g/mol. The summed E-state index contributed by atoms with van der Waals surface area (Å²) in [5.41, 5.74) is 1.07. The fraction of sp³-hybridized carbons (Fsp3) is 0.571. The fourth-order valence-electron chi connectivity index (χ4n) is 2.14. The molecule has 3 nitrogen and oxygen atoms in total. The van der Waals surface area contributed by atoms with Gasteiger partial charge >= 0.3 is 0 Å². The number of hydrogen-bond acceptors (Lipinski definition) is 3. The molecule has 1 unspecified atom stereocenters. The number of ether oxygens (including phenoxy) is 2. The van der Waals surface area contributed by atoms with Crippen molar-refractivity contribution in [3.8, 4) is 5.75 Å². The Hall–Kier alpha value is -0.770. The van der Waals surface area contributed by atoms with Gasteiger partial charge in [-0.25, -0.2) is 0 Å². The molecule has 1 heterocycles. The predicted octanol–water partition coefficient (Wildman–Crippen LogP) is 2.76. The predicted molar refractivity (Wildman–Crippen MR) is 71.2 cm³/mol. The summed E-state index contributed by atoms with van der Waals surface area (Å²) in [6, 6.07) is 6.52. The molecule has 0 aromatic heterocycles. The molecule has 98 valence electrons. The molecule has 1 atom stereocenters. The molecular formula is C14H18ClNO2. The van der Waals surface area contributed by atoms with Crippen LogP contribution >= 0.6 is 11.6 Å². The van der Waals surface area contributed by atoms with E-state index in [4.69, 9.17) is 21.1 Å². The van der Waals surface area contributed by atoms with Crippen molar-refractivity contribution < 1.29 is 9.47 Å². The molecule has 1 aromatic carbocycles. The molecule has 4 heteroatoms. The number of nitrogens with one attached hydrogen (secondary N) is 1. The van der Waals surface area contributed by atoms with Gasteiger partial charge in [0.25, 0.3) is 0 Å². The van der Waals surface area contributed by atoms with Crippen LogP contribution < -0.4 is 10.1 Å². The van der Waals surface area contributed by atoms with Gasteiger partial charge in [0.2, 0.25) is 0 Å². The molecule has 1 aromatic rings. The van der Waals surface area contributed by atoms with Crippen molar-refractivity contribution in [3.63, 3.8) is 0 Å². The number of halogens is 1. The van der Waals surface area contributed by atoms with E-state index in [1.54, 1.807) is 0 Å². The molecule has 1 saturated heterocycles. The van der Waals surface area contributed by atoms with E-state index in [1.165, 1.54) is 12.8 Å². The highest BCUT2D eigenvalue weighted by molar-refractivity contribution is 6.31. The zero-order valence-corrected chi connectivity index (χ0v) is 11.1. The van der Waals surface area contributed by atoms with Gasteiger partial charge in [-0.1, -0.05) is 17.7 Å². The van der Waals surface area contributed by atoms with E-state index in [9.17, 15) is 0 Å². The lowest BCUT2D eigenvalue weighted by Gasteiger charge is -2.17. The van der Waals surface area contributed by atoms with Crippen molar-refractivity contribution in [3.05, 3.63) is 28.8 Å². The van der Waals surface area contributed by atoms with Crippen LogP contribution in [0, 0.1) is 0 Å².